The summed E-state index contributed by atoms with van der Waals surface area (Å²) in [6, 6.07) is 14.7. The number of nitrogens with zero attached hydrogens (tertiary/aromatic N) is 1. The van der Waals surface area contributed by atoms with Gasteiger partial charge >= 0.3 is 0 Å². The highest BCUT2D eigenvalue weighted by atomic mass is 16.2. The second-order valence-corrected chi connectivity index (χ2v) is 4.68. The predicted molar refractivity (Wildman–Crippen MR) is 75.3 cm³/mol. The van der Waals surface area contributed by atoms with E-state index < -0.39 is 0 Å². The Hall–Kier alpha value is -1.83. The number of fused-ring (bicyclic) bond motifs is 1. The van der Waals surface area contributed by atoms with Gasteiger partial charge in [0.1, 0.15) is 0 Å². The molecule has 0 spiro atoms. The standard InChI is InChI=1S/C16H19NO/c1-3-6-16(18)17(2)12-13-9-10-14-7-4-5-8-15(14)11-13/h4-5,7-11H,3,6,12H2,1-2H3. The topological polar surface area (TPSA) is 20.3 Å². The molecule has 94 valence electrons. The van der Waals surface area contributed by atoms with E-state index in [0.29, 0.717) is 13.0 Å². The summed E-state index contributed by atoms with van der Waals surface area (Å²) in [5.41, 5.74) is 1.18. The molecular weight excluding hydrogens is 222 g/mol. The van der Waals surface area contributed by atoms with E-state index in [0.717, 1.165) is 6.42 Å². The molecule has 0 aliphatic carbocycles. The van der Waals surface area contributed by atoms with Crippen molar-refractivity contribution in [3.05, 3.63) is 48.0 Å². The minimum Gasteiger partial charge on any atom is -0.341 e. The van der Waals surface area contributed by atoms with Gasteiger partial charge in [-0.25, -0.2) is 0 Å². The van der Waals surface area contributed by atoms with Crippen molar-refractivity contribution in [3.63, 3.8) is 0 Å². The van der Waals surface area contributed by atoms with Gasteiger partial charge in [-0.2, -0.15) is 0 Å². The second-order valence-electron chi connectivity index (χ2n) is 4.68. The molecular formula is C16H19NO. The largest absolute Gasteiger partial charge is 0.341 e. The minimum atomic E-state index is 0.214. The lowest BCUT2D eigenvalue weighted by Crippen LogP contribution is -2.25. The SMILES string of the molecule is CCCC(=O)N(C)Cc1ccc2ccccc2c1. The third-order valence-corrected chi connectivity index (χ3v) is 3.12. The van der Waals surface area contributed by atoms with Gasteiger partial charge in [-0.15, -0.1) is 0 Å². The van der Waals surface area contributed by atoms with E-state index in [-0.39, 0.29) is 5.91 Å². The van der Waals surface area contributed by atoms with Crippen LogP contribution in [0.4, 0.5) is 0 Å². The highest BCUT2D eigenvalue weighted by Crippen LogP contribution is 2.16. The maximum absolute atomic E-state index is 11.7. The molecule has 0 unspecified atom stereocenters. The first kappa shape index (κ1) is 12.6. The van der Waals surface area contributed by atoms with E-state index in [1.807, 2.05) is 26.1 Å². The van der Waals surface area contributed by atoms with E-state index in [1.54, 1.807) is 4.90 Å². The second kappa shape index (κ2) is 5.67. The molecule has 0 fully saturated rings. The van der Waals surface area contributed by atoms with Crippen molar-refractivity contribution in [1.29, 1.82) is 0 Å². The Labute approximate surface area is 108 Å². The first-order valence-corrected chi connectivity index (χ1v) is 6.42. The van der Waals surface area contributed by atoms with E-state index in [2.05, 4.69) is 30.3 Å². The van der Waals surface area contributed by atoms with Crippen LogP contribution in [-0.4, -0.2) is 17.9 Å². The van der Waals surface area contributed by atoms with Crippen LogP contribution in [0.2, 0.25) is 0 Å². The van der Waals surface area contributed by atoms with Gasteiger partial charge in [0.25, 0.3) is 0 Å². The summed E-state index contributed by atoms with van der Waals surface area (Å²) in [6.45, 7) is 2.71. The number of hydrogen-bond donors (Lipinski definition) is 0. The average molecular weight is 241 g/mol. The molecule has 0 radical (unpaired) electrons. The van der Waals surface area contributed by atoms with Gasteiger partial charge in [0.2, 0.25) is 5.91 Å². The monoisotopic (exact) mass is 241 g/mol. The van der Waals surface area contributed by atoms with Crippen LogP contribution in [0.1, 0.15) is 25.3 Å². The normalized spacial score (nSPS) is 10.6. The van der Waals surface area contributed by atoms with Crippen molar-refractivity contribution in [3.8, 4) is 0 Å². The van der Waals surface area contributed by atoms with Gasteiger partial charge in [0.15, 0.2) is 0 Å². The molecule has 1 amide bonds. The fraction of sp³-hybridized carbons (Fsp3) is 0.312. The van der Waals surface area contributed by atoms with Crippen LogP contribution < -0.4 is 0 Å². The van der Waals surface area contributed by atoms with E-state index in [4.69, 9.17) is 0 Å². The Morgan fingerprint density at radius 3 is 2.56 bits per heavy atom. The third kappa shape index (κ3) is 2.89. The van der Waals surface area contributed by atoms with Gasteiger partial charge in [-0.3, -0.25) is 4.79 Å². The van der Waals surface area contributed by atoms with Crippen LogP contribution in [0, 0.1) is 0 Å². The molecule has 0 aliphatic rings. The molecule has 2 heteroatoms. The molecule has 0 saturated carbocycles. The zero-order valence-electron chi connectivity index (χ0n) is 11.0. The van der Waals surface area contributed by atoms with Crippen LogP contribution in [0.3, 0.4) is 0 Å². The summed E-state index contributed by atoms with van der Waals surface area (Å²) >= 11 is 0. The summed E-state index contributed by atoms with van der Waals surface area (Å²) in [6.07, 6.45) is 1.53. The molecule has 0 N–H and O–H groups in total. The summed E-state index contributed by atoms with van der Waals surface area (Å²) < 4.78 is 0. The first-order valence-electron chi connectivity index (χ1n) is 6.42. The van der Waals surface area contributed by atoms with Crippen molar-refractivity contribution in [2.24, 2.45) is 0 Å². The van der Waals surface area contributed by atoms with Crippen molar-refractivity contribution in [1.82, 2.24) is 4.90 Å². The van der Waals surface area contributed by atoms with Gasteiger partial charge < -0.3 is 4.90 Å². The molecule has 0 bridgehead atoms. The summed E-state index contributed by atoms with van der Waals surface area (Å²) in [4.78, 5) is 13.5. The number of carbonyl (C=O) groups excluding carboxylic acids is 1. The van der Waals surface area contributed by atoms with Crippen LogP contribution >= 0.6 is 0 Å². The molecule has 0 heterocycles. The summed E-state index contributed by atoms with van der Waals surface area (Å²) in [5, 5.41) is 2.47. The molecule has 18 heavy (non-hydrogen) atoms. The van der Waals surface area contributed by atoms with Gasteiger partial charge in [-0.1, -0.05) is 43.3 Å². The Kier molecular flexibility index (Phi) is 3.98. The van der Waals surface area contributed by atoms with Crippen LogP contribution in [0.15, 0.2) is 42.5 Å². The zero-order chi connectivity index (χ0) is 13.0. The molecule has 2 aromatic carbocycles. The minimum absolute atomic E-state index is 0.214. The van der Waals surface area contributed by atoms with Crippen LogP contribution in [-0.2, 0) is 11.3 Å². The summed E-state index contributed by atoms with van der Waals surface area (Å²) in [7, 11) is 1.87. The fourth-order valence-corrected chi connectivity index (χ4v) is 2.10. The van der Waals surface area contributed by atoms with E-state index in [9.17, 15) is 4.79 Å². The molecule has 0 saturated heterocycles. The molecule has 0 atom stereocenters. The quantitative estimate of drug-likeness (QED) is 0.801. The van der Waals surface area contributed by atoms with E-state index in [1.165, 1.54) is 16.3 Å². The number of rotatable bonds is 4. The summed E-state index contributed by atoms with van der Waals surface area (Å²) in [5.74, 6) is 0.214. The van der Waals surface area contributed by atoms with Crippen molar-refractivity contribution in [2.75, 3.05) is 7.05 Å². The van der Waals surface area contributed by atoms with Crippen molar-refractivity contribution >= 4 is 16.7 Å². The molecule has 0 aromatic heterocycles. The Morgan fingerprint density at radius 1 is 1.11 bits per heavy atom. The number of carbonyl (C=O) groups is 1. The highest BCUT2D eigenvalue weighted by Gasteiger charge is 2.07. The third-order valence-electron chi connectivity index (χ3n) is 3.12. The van der Waals surface area contributed by atoms with Crippen LogP contribution in [0.5, 0.6) is 0 Å². The maximum atomic E-state index is 11.7. The molecule has 0 aliphatic heterocycles. The predicted octanol–water partition coefficient (Wildman–Crippen LogP) is 3.60. The van der Waals surface area contributed by atoms with E-state index >= 15 is 0 Å². The lowest BCUT2D eigenvalue weighted by atomic mass is 10.1. The van der Waals surface area contributed by atoms with Crippen molar-refractivity contribution < 1.29 is 4.79 Å². The number of benzene rings is 2. The first-order chi connectivity index (χ1) is 8.70. The van der Waals surface area contributed by atoms with Gasteiger partial charge in [-0.05, 0) is 28.8 Å². The molecule has 2 aromatic rings. The molecule has 2 nitrogen and oxygen atoms in total. The Bertz CT molecular complexity index is 548. The Morgan fingerprint density at radius 2 is 1.83 bits per heavy atom. The zero-order valence-corrected chi connectivity index (χ0v) is 11.0. The van der Waals surface area contributed by atoms with Crippen molar-refractivity contribution in [2.45, 2.75) is 26.3 Å². The van der Waals surface area contributed by atoms with Gasteiger partial charge in [0, 0.05) is 20.0 Å². The Balaban J connectivity index is 2.14. The van der Waals surface area contributed by atoms with Gasteiger partial charge in [0.05, 0.1) is 0 Å². The van der Waals surface area contributed by atoms with Crippen LogP contribution in [0.25, 0.3) is 10.8 Å². The lowest BCUT2D eigenvalue weighted by Gasteiger charge is -2.17. The average Bonchev–Trinajstić information content (AvgIpc) is 2.39. The maximum Gasteiger partial charge on any atom is 0.222 e. The smallest absolute Gasteiger partial charge is 0.222 e. The highest BCUT2D eigenvalue weighted by molar-refractivity contribution is 5.83. The number of amides is 1. The lowest BCUT2D eigenvalue weighted by molar-refractivity contribution is -0.130. The number of hydrogen-bond acceptors (Lipinski definition) is 1. The fourth-order valence-electron chi connectivity index (χ4n) is 2.10. The molecule has 2 rings (SSSR count).